The Morgan fingerprint density at radius 2 is 1.48 bits per heavy atom. The number of hydrogen-bond donors (Lipinski definition) is 0. The van der Waals surface area contributed by atoms with Gasteiger partial charge in [0.25, 0.3) is 0 Å². The van der Waals surface area contributed by atoms with Crippen LogP contribution >= 0.6 is 23.5 Å². The second-order valence-electron chi connectivity index (χ2n) is 4.66. The Kier molecular flexibility index (Phi) is 5.35. The molecule has 1 fully saturated rings. The van der Waals surface area contributed by atoms with E-state index in [0.717, 1.165) is 11.5 Å². The van der Waals surface area contributed by atoms with Gasteiger partial charge in [-0.2, -0.15) is 0 Å². The van der Waals surface area contributed by atoms with Crippen molar-refractivity contribution >= 4 is 23.5 Å². The average Bonchev–Trinajstić information content (AvgIpc) is 3.07. The minimum absolute atomic E-state index is 0.557. The van der Waals surface area contributed by atoms with Crippen molar-refractivity contribution < 1.29 is 9.47 Å². The maximum absolute atomic E-state index is 5.78. The molecule has 3 rings (SSSR count). The summed E-state index contributed by atoms with van der Waals surface area (Å²) in [4.78, 5) is 0. The first-order valence-electron chi connectivity index (χ1n) is 7.06. The smallest absolute Gasteiger partial charge is 0.122 e. The molecule has 0 saturated carbocycles. The van der Waals surface area contributed by atoms with E-state index in [1.54, 1.807) is 0 Å². The van der Waals surface area contributed by atoms with Gasteiger partial charge < -0.3 is 9.47 Å². The number of rotatable bonds is 6. The predicted octanol–water partition coefficient (Wildman–Crippen LogP) is 4.62. The fourth-order valence-corrected chi connectivity index (χ4v) is 4.98. The minimum atomic E-state index is 0.557. The standard InChI is InChI=1S/C17H18O2S2/c1-2-6-15(7-3-1)18-9-10-19-16-8-4-5-14(13-16)17-20-11-12-21-17/h1-8,13,17H,9-12H2. The van der Waals surface area contributed by atoms with Gasteiger partial charge in [-0.15, -0.1) is 23.5 Å². The number of thioether (sulfide) groups is 2. The van der Waals surface area contributed by atoms with E-state index in [1.807, 2.05) is 59.9 Å². The normalized spacial score (nSPS) is 15.0. The summed E-state index contributed by atoms with van der Waals surface area (Å²) in [5.41, 5.74) is 1.35. The van der Waals surface area contributed by atoms with Crippen LogP contribution in [0, 0.1) is 0 Å². The monoisotopic (exact) mass is 318 g/mol. The molecule has 0 aromatic heterocycles. The highest BCUT2D eigenvalue weighted by atomic mass is 32.2. The van der Waals surface area contributed by atoms with Gasteiger partial charge in [-0.25, -0.2) is 0 Å². The van der Waals surface area contributed by atoms with Crippen LogP contribution < -0.4 is 9.47 Å². The molecule has 4 heteroatoms. The Bertz CT molecular complexity index is 554. The van der Waals surface area contributed by atoms with E-state index in [9.17, 15) is 0 Å². The zero-order valence-corrected chi connectivity index (χ0v) is 13.4. The van der Waals surface area contributed by atoms with E-state index in [-0.39, 0.29) is 0 Å². The number of benzene rings is 2. The summed E-state index contributed by atoms with van der Waals surface area (Å²) >= 11 is 4.03. The number of para-hydroxylation sites is 1. The molecular weight excluding hydrogens is 300 g/mol. The van der Waals surface area contributed by atoms with Gasteiger partial charge in [0.05, 0.1) is 4.58 Å². The van der Waals surface area contributed by atoms with Crippen LogP contribution in [0.15, 0.2) is 54.6 Å². The van der Waals surface area contributed by atoms with Gasteiger partial charge in [-0.3, -0.25) is 0 Å². The van der Waals surface area contributed by atoms with Crippen molar-refractivity contribution in [2.75, 3.05) is 24.7 Å². The fraction of sp³-hybridized carbons (Fsp3) is 0.294. The number of hydrogen-bond acceptors (Lipinski definition) is 4. The molecule has 2 aromatic rings. The minimum Gasteiger partial charge on any atom is -0.490 e. The molecule has 1 heterocycles. The van der Waals surface area contributed by atoms with Gasteiger partial charge in [0, 0.05) is 11.5 Å². The van der Waals surface area contributed by atoms with Crippen molar-refractivity contribution in [1.82, 2.24) is 0 Å². The SMILES string of the molecule is c1ccc(OCCOc2cccc(C3SCCS3)c2)cc1. The van der Waals surface area contributed by atoms with Crippen molar-refractivity contribution in [2.24, 2.45) is 0 Å². The molecular formula is C17H18O2S2. The summed E-state index contributed by atoms with van der Waals surface area (Å²) in [5, 5.41) is 0. The van der Waals surface area contributed by atoms with Crippen molar-refractivity contribution in [3.63, 3.8) is 0 Å². The van der Waals surface area contributed by atoms with Crippen LogP contribution in [0.2, 0.25) is 0 Å². The van der Waals surface area contributed by atoms with Crippen molar-refractivity contribution in [2.45, 2.75) is 4.58 Å². The van der Waals surface area contributed by atoms with E-state index in [0.29, 0.717) is 17.8 Å². The molecule has 110 valence electrons. The predicted molar refractivity (Wildman–Crippen MR) is 91.5 cm³/mol. The van der Waals surface area contributed by atoms with Crippen LogP contribution in [0.25, 0.3) is 0 Å². The fourth-order valence-electron chi connectivity index (χ4n) is 2.14. The zero-order valence-electron chi connectivity index (χ0n) is 11.7. The Hall–Kier alpha value is -1.26. The lowest BCUT2D eigenvalue weighted by Crippen LogP contribution is -2.09. The summed E-state index contributed by atoms with van der Waals surface area (Å²) in [5.74, 6) is 4.29. The maximum atomic E-state index is 5.78. The summed E-state index contributed by atoms with van der Waals surface area (Å²) in [6.45, 7) is 1.12. The average molecular weight is 318 g/mol. The van der Waals surface area contributed by atoms with Crippen LogP contribution in [0.1, 0.15) is 10.1 Å². The maximum Gasteiger partial charge on any atom is 0.122 e. The Labute approximate surface area is 134 Å². The second kappa shape index (κ2) is 7.66. The van der Waals surface area contributed by atoms with Crippen LogP contribution in [-0.4, -0.2) is 24.7 Å². The highest BCUT2D eigenvalue weighted by Crippen LogP contribution is 2.45. The molecule has 0 radical (unpaired) electrons. The topological polar surface area (TPSA) is 18.5 Å². The van der Waals surface area contributed by atoms with E-state index in [1.165, 1.54) is 17.1 Å². The first-order valence-corrected chi connectivity index (χ1v) is 9.15. The molecule has 0 amide bonds. The molecule has 2 nitrogen and oxygen atoms in total. The Balaban J connectivity index is 1.48. The third kappa shape index (κ3) is 4.35. The summed E-state index contributed by atoms with van der Waals surface area (Å²) < 4.78 is 12.0. The summed E-state index contributed by atoms with van der Waals surface area (Å²) in [6.07, 6.45) is 0. The molecule has 1 aliphatic rings. The first kappa shape index (κ1) is 14.7. The van der Waals surface area contributed by atoms with Crippen molar-refractivity contribution in [3.8, 4) is 11.5 Å². The quantitative estimate of drug-likeness (QED) is 0.723. The Morgan fingerprint density at radius 1 is 0.810 bits per heavy atom. The lowest BCUT2D eigenvalue weighted by Gasteiger charge is -2.12. The number of ether oxygens (including phenoxy) is 2. The lowest BCUT2D eigenvalue weighted by atomic mass is 10.2. The van der Waals surface area contributed by atoms with Crippen LogP contribution in [-0.2, 0) is 0 Å². The third-order valence-corrected chi connectivity index (χ3v) is 6.22. The molecule has 0 spiro atoms. The highest BCUT2D eigenvalue weighted by molar-refractivity contribution is 8.19. The molecule has 0 unspecified atom stereocenters. The molecule has 1 saturated heterocycles. The van der Waals surface area contributed by atoms with Crippen LogP contribution in [0.4, 0.5) is 0 Å². The molecule has 21 heavy (non-hydrogen) atoms. The van der Waals surface area contributed by atoms with Gasteiger partial charge in [-0.05, 0) is 29.8 Å². The van der Waals surface area contributed by atoms with E-state index in [4.69, 9.17) is 9.47 Å². The molecule has 0 bridgehead atoms. The van der Waals surface area contributed by atoms with Gasteiger partial charge >= 0.3 is 0 Å². The highest BCUT2D eigenvalue weighted by Gasteiger charge is 2.18. The summed E-state index contributed by atoms with van der Waals surface area (Å²) in [6, 6.07) is 18.2. The summed E-state index contributed by atoms with van der Waals surface area (Å²) in [7, 11) is 0. The van der Waals surface area contributed by atoms with Crippen molar-refractivity contribution in [3.05, 3.63) is 60.2 Å². The van der Waals surface area contributed by atoms with Gasteiger partial charge in [0.15, 0.2) is 0 Å². The molecule has 0 N–H and O–H groups in total. The van der Waals surface area contributed by atoms with Gasteiger partial charge in [0.1, 0.15) is 24.7 Å². The second-order valence-corrected chi connectivity index (χ2v) is 7.38. The molecule has 0 atom stereocenters. The molecule has 1 aliphatic heterocycles. The van der Waals surface area contributed by atoms with Gasteiger partial charge in [0.2, 0.25) is 0 Å². The van der Waals surface area contributed by atoms with Crippen LogP contribution in [0.3, 0.4) is 0 Å². The van der Waals surface area contributed by atoms with Gasteiger partial charge in [-0.1, -0.05) is 30.3 Å². The largest absolute Gasteiger partial charge is 0.490 e. The lowest BCUT2D eigenvalue weighted by molar-refractivity contribution is 0.217. The van der Waals surface area contributed by atoms with Crippen LogP contribution in [0.5, 0.6) is 11.5 Å². The third-order valence-electron chi connectivity index (χ3n) is 3.12. The Morgan fingerprint density at radius 3 is 2.24 bits per heavy atom. The first-order chi connectivity index (χ1) is 10.4. The molecule has 2 aromatic carbocycles. The van der Waals surface area contributed by atoms with E-state index < -0.39 is 0 Å². The van der Waals surface area contributed by atoms with E-state index in [2.05, 4.69) is 18.2 Å². The molecule has 0 aliphatic carbocycles. The van der Waals surface area contributed by atoms with Crippen molar-refractivity contribution in [1.29, 1.82) is 0 Å². The van der Waals surface area contributed by atoms with E-state index >= 15 is 0 Å². The zero-order chi connectivity index (χ0) is 14.3.